The third-order valence-electron chi connectivity index (χ3n) is 2.96. The van der Waals surface area contributed by atoms with Gasteiger partial charge in [0.2, 0.25) is 10.0 Å². The van der Waals surface area contributed by atoms with Crippen molar-refractivity contribution in [1.29, 1.82) is 0 Å². The van der Waals surface area contributed by atoms with E-state index >= 15 is 0 Å². The van der Waals surface area contributed by atoms with E-state index in [1.54, 1.807) is 0 Å². The Morgan fingerprint density at radius 2 is 1.95 bits per heavy atom. The lowest BCUT2D eigenvalue weighted by Gasteiger charge is -2.14. The lowest BCUT2D eigenvalue weighted by Crippen LogP contribution is -2.27. The summed E-state index contributed by atoms with van der Waals surface area (Å²) in [6.07, 6.45) is 0.678. The molecule has 0 bridgehead atoms. The summed E-state index contributed by atoms with van der Waals surface area (Å²) in [5.41, 5.74) is 0.148. The summed E-state index contributed by atoms with van der Waals surface area (Å²) in [7, 11) is -3.83. The van der Waals surface area contributed by atoms with Gasteiger partial charge in [0.15, 0.2) is 0 Å². The van der Waals surface area contributed by atoms with Crippen molar-refractivity contribution in [3.63, 3.8) is 0 Å². The van der Waals surface area contributed by atoms with Gasteiger partial charge in [-0.1, -0.05) is 13.8 Å². The van der Waals surface area contributed by atoms with Crippen molar-refractivity contribution in [1.82, 2.24) is 4.72 Å². The van der Waals surface area contributed by atoms with Gasteiger partial charge in [0.1, 0.15) is 4.90 Å². The second-order valence-electron chi connectivity index (χ2n) is 5.25. The summed E-state index contributed by atoms with van der Waals surface area (Å²) in [5, 5.41) is 20.6. The van der Waals surface area contributed by atoms with Gasteiger partial charge >= 0.3 is 5.97 Å². The SMILES string of the molecule is CC(C)CCNS(=O)(=O)c1cc(C(=O)O)ccc1NCCO. The van der Waals surface area contributed by atoms with Gasteiger partial charge in [-0.15, -0.1) is 0 Å². The van der Waals surface area contributed by atoms with Gasteiger partial charge in [0.05, 0.1) is 17.9 Å². The van der Waals surface area contributed by atoms with E-state index in [0.29, 0.717) is 12.3 Å². The van der Waals surface area contributed by atoms with Crippen LogP contribution in [0.25, 0.3) is 0 Å². The van der Waals surface area contributed by atoms with Gasteiger partial charge in [0.25, 0.3) is 0 Å². The third kappa shape index (κ3) is 5.28. The number of nitrogens with one attached hydrogen (secondary N) is 2. The highest BCUT2D eigenvalue weighted by Crippen LogP contribution is 2.23. The number of hydrogen-bond acceptors (Lipinski definition) is 5. The fourth-order valence-electron chi connectivity index (χ4n) is 1.77. The molecule has 0 atom stereocenters. The number of carboxylic acids is 1. The average molecular weight is 330 g/mol. The zero-order valence-electron chi connectivity index (χ0n) is 12.7. The van der Waals surface area contributed by atoms with Crippen molar-refractivity contribution >= 4 is 21.7 Å². The van der Waals surface area contributed by atoms with E-state index in [4.69, 9.17) is 10.2 Å². The van der Waals surface area contributed by atoms with E-state index in [-0.39, 0.29) is 35.8 Å². The first-order valence-corrected chi connectivity index (χ1v) is 8.48. The molecule has 0 fully saturated rings. The van der Waals surface area contributed by atoms with Crippen LogP contribution in [0.4, 0.5) is 5.69 Å². The smallest absolute Gasteiger partial charge is 0.335 e. The van der Waals surface area contributed by atoms with Gasteiger partial charge in [-0.05, 0) is 30.5 Å². The van der Waals surface area contributed by atoms with Crippen molar-refractivity contribution in [2.24, 2.45) is 5.92 Å². The number of aromatic carboxylic acids is 1. The maximum absolute atomic E-state index is 12.4. The first-order chi connectivity index (χ1) is 10.3. The molecule has 22 heavy (non-hydrogen) atoms. The van der Waals surface area contributed by atoms with Crippen LogP contribution in [0.2, 0.25) is 0 Å². The van der Waals surface area contributed by atoms with E-state index in [0.717, 1.165) is 6.07 Å². The molecule has 4 N–H and O–H groups in total. The quantitative estimate of drug-likeness (QED) is 0.539. The van der Waals surface area contributed by atoms with Gasteiger partial charge in [-0.3, -0.25) is 0 Å². The molecule has 0 aliphatic rings. The molecular weight excluding hydrogens is 308 g/mol. The molecular formula is C14H22N2O5S. The topological polar surface area (TPSA) is 116 Å². The maximum Gasteiger partial charge on any atom is 0.335 e. The van der Waals surface area contributed by atoms with Crippen molar-refractivity contribution in [3.8, 4) is 0 Å². The van der Waals surface area contributed by atoms with Gasteiger partial charge < -0.3 is 15.5 Å². The molecule has 124 valence electrons. The van der Waals surface area contributed by atoms with E-state index in [1.807, 2.05) is 13.8 Å². The minimum Gasteiger partial charge on any atom is -0.478 e. The number of sulfonamides is 1. The summed E-state index contributed by atoms with van der Waals surface area (Å²) >= 11 is 0. The highest BCUT2D eigenvalue weighted by molar-refractivity contribution is 7.89. The second kappa shape index (κ2) is 8.11. The zero-order chi connectivity index (χ0) is 16.8. The molecule has 1 rings (SSSR count). The maximum atomic E-state index is 12.4. The van der Waals surface area contributed by atoms with Crippen LogP contribution < -0.4 is 10.0 Å². The molecule has 1 aromatic rings. The van der Waals surface area contributed by atoms with E-state index < -0.39 is 16.0 Å². The Hall–Kier alpha value is -1.64. The summed E-state index contributed by atoms with van der Waals surface area (Å²) in [5.74, 6) is -0.854. The number of aliphatic hydroxyl groups is 1. The summed E-state index contributed by atoms with van der Waals surface area (Å²) < 4.78 is 27.2. The van der Waals surface area contributed by atoms with E-state index in [1.165, 1.54) is 12.1 Å². The van der Waals surface area contributed by atoms with E-state index in [2.05, 4.69) is 10.0 Å². The predicted octanol–water partition coefficient (Wildman–Crippen LogP) is 1.11. The molecule has 0 saturated heterocycles. The zero-order valence-corrected chi connectivity index (χ0v) is 13.5. The molecule has 0 amide bonds. The summed E-state index contributed by atoms with van der Waals surface area (Å²) in [6.45, 7) is 4.24. The molecule has 0 saturated carbocycles. The molecule has 0 heterocycles. The number of carbonyl (C=O) groups is 1. The average Bonchev–Trinajstić information content (AvgIpc) is 2.44. The molecule has 0 spiro atoms. The Morgan fingerprint density at radius 3 is 2.50 bits per heavy atom. The van der Waals surface area contributed by atoms with Gasteiger partial charge in [-0.25, -0.2) is 17.9 Å². The minimum atomic E-state index is -3.83. The van der Waals surface area contributed by atoms with Crippen LogP contribution in [0, 0.1) is 5.92 Å². The highest BCUT2D eigenvalue weighted by Gasteiger charge is 2.20. The van der Waals surface area contributed by atoms with Crippen LogP contribution in [-0.2, 0) is 10.0 Å². The highest BCUT2D eigenvalue weighted by atomic mass is 32.2. The fraction of sp³-hybridized carbons (Fsp3) is 0.500. The molecule has 0 aliphatic heterocycles. The number of hydrogen-bond donors (Lipinski definition) is 4. The Labute approximate surface area is 130 Å². The minimum absolute atomic E-state index is 0.112. The number of carboxylic acid groups (broad SMARTS) is 1. The number of anilines is 1. The molecule has 0 aromatic heterocycles. The number of benzene rings is 1. The molecule has 0 radical (unpaired) electrons. The monoisotopic (exact) mass is 330 g/mol. The first kappa shape index (κ1) is 18.4. The largest absolute Gasteiger partial charge is 0.478 e. The van der Waals surface area contributed by atoms with Crippen molar-refractivity contribution in [3.05, 3.63) is 23.8 Å². The van der Waals surface area contributed by atoms with Crippen LogP contribution in [0.3, 0.4) is 0 Å². The van der Waals surface area contributed by atoms with Gasteiger partial charge in [-0.2, -0.15) is 0 Å². The second-order valence-corrected chi connectivity index (χ2v) is 6.98. The lowest BCUT2D eigenvalue weighted by atomic mass is 10.1. The normalized spacial score (nSPS) is 11.6. The van der Waals surface area contributed by atoms with Crippen molar-refractivity contribution in [2.45, 2.75) is 25.2 Å². The van der Waals surface area contributed by atoms with Crippen LogP contribution >= 0.6 is 0 Å². The molecule has 7 nitrogen and oxygen atoms in total. The summed E-state index contributed by atoms with van der Waals surface area (Å²) in [4.78, 5) is 10.9. The Morgan fingerprint density at radius 1 is 1.27 bits per heavy atom. The molecule has 1 aromatic carbocycles. The van der Waals surface area contributed by atoms with E-state index in [9.17, 15) is 13.2 Å². The van der Waals surface area contributed by atoms with Gasteiger partial charge in [0, 0.05) is 13.1 Å². The van der Waals surface area contributed by atoms with Crippen LogP contribution in [-0.4, -0.2) is 44.3 Å². The van der Waals surface area contributed by atoms with Crippen LogP contribution in [0.1, 0.15) is 30.6 Å². The fourth-order valence-corrected chi connectivity index (χ4v) is 3.03. The Bertz CT molecular complexity index is 614. The van der Waals surface area contributed by atoms with Crippen molar-refractivity contribution in [2.75, 3.05) is 25.0 Å². The Balaban J connectivity index is 3.10. The standard InChI is InChI=1S/C14H22N2O5S/c1-10(2)5-6-16-22(20,21)13-9-11(14(18)19)3-4-12(13)15-7-8-17/h3-4,9-10,15-17H,5-8H2,1-2H3,(H,18,19). The summed E-state index contributed by atoms with van der Waals surface area (Å²) in [6, 6.07) is 3.81. The van der Waals surface area contributed by atoms with Crippen LogP contribution in [0.15, 0.2) is 23.1 Å². The Kier molecular flexibility index (Phi) is 6.79. The van der Waals surface area contributed by atoms with Crippen LogP contribution in [0.5, 0.6) is 0 Å². The molecule has 8 heteroatoms. The molecule has 0 unspecified atom stereocenters. The first-order valence-electron chi connectivity index (χ1n) is 6.99. The third-order valence-corrected chi connectivity index (χ3v) is 4.46. The predicted molar refractivity (Wildman–Crippen MR) is 83.6 cm³/mol. The number of aliphatic hydroxyl groups excluding tert-OH is 1. The number of rotatable bonds is 9. The van der Waals surface area contributed by atoms with Crippen molar-refractivity contribution < 1.29 is 23.4 Å². The lowest BCUT2D eigenvalue weighted by molar-refractivity contribution is 0.0696. The molecule has 0 aliphatic carbocycles.